The zero-order valence-electron chi connectivity index (χ0n) is 11.2. The summed E-state index contributed by atoms with van der Waals surface area (Å²) in [5, 5.41) is 11.8. The lowest BCUT2D eigenvalue weighted by Gasteiger charge is -2.30. The van der Waals surface area contributed by atoms with Gasteiger partial charge < -0.3 is 15.3 Å². The number of amides is 2. The smallest absolute Gasteiger partial charge is 0.321 e. The molecule has 0 aromatic heterocycles. The van der Waals surface area contributed by atoms with E-state index in [0.717, 1.165) is 16.5 Å². The normalized spacial score (nSPS) is 18.7. The summed E-state index contributed by atoms with van der Waals surface area (Å²) >= 11 is 3.41. The van der Waals surface area contributed by atoms with Crippen LogP contribution in [0.3, 0.4) is 0 Å². The molecule has 20 heavy (non-hydrogen) atoms. The minimum Gasteiger partial charge on any atom is -0.481 e. The molecule has 2 N–H and O–H groups in total. The number of urea groups is 1. The quantitative estimate of drug-likeness (QED) is 0.869. The van der Waals surface area contributed by atoms with Crippen LogP contribution in [-0.2, 0) is 4.79 Å². The van der Waals surface area contributed by atoms with Gasteiger partial charge in [-0.25, -0.2) is 4.79 Å². The van der Waals surface area contributed by atoms with Crippen molar-refractivity contribution in [2.24, 2.45) is 5.92 Å². The standard InChI is InChI=1S/C14H17BrN2O3/c1-9-7-11(4-5-12(9)15)16-14(20)17-6-2-3-10(8-17)13(18)19/h4-5,7,10H,2-3,6,8H2,1H3,(H,16,20)(H,18,19)/t10-/m0/s1. The van der Waals surface area contributed by atoms with E-state index in [1.165, 1.54) is 0 Å². The number of carbonyl (C=O) groups excluding carboxylic acids is 1. The van der Waals surface area contributed by atoms with Gasteiger partial charge in [0.25, 0.3) is 0 Å². The van der Waals surface area contributed by atoms with E-state index in [0.29, 0.717) is 18.7 Å². The van der Waals surface area contributed by atoms with E-state index >= 15 is 0 Å². The molecule has 1 aromatic rings. The minimum atomic E-state index is -0.831. The molecule has 1 aromatic carbocycles. The first-order chi connectivity index (χ1) is 9.47. The summed E-state index contributed by atoms with van der Waals surface area (Å²) in [7, 11) is 0. The molecule has 0 saturated carbocycles. The van der Waals surface area contributed by atoms with Gasteiger partial charge in [0.1, 0.15) is 0 Å². The number of carboxylic acids is 1. The van der Waals surface area contributed by atoms with Crippen LogP contribution in [0.5, 0.6) is 0 Å². The van der Waals surface area contributed by atoms with Gasteiger partial charge in [-0.05, 0) is 43.5 Å². The van der Waals surface area contributed by atoms with Crippen LogP contribution in [0.2, 0.25) is 0 Å². The Morgan fingerprint density at radius 1 is 1.45 bits per heavy atom. The average Bonchev–Trinajstić information content (AvgIpc) is 2.43. The van der Waals surface area contributed by atoms with Crippen LogP contribution in [0.1, 0.15) is 18.4 Å². The van der Waals surface area contributed by atoms with E-state index < -0.39 is 11.9 Å². The molecule has 0 unspecified atom stereocenters. The highest BCUT2D eigenvalue weighted by Crippen LogP contribution is 2.21. The molecule has 1 aliphatic heterocycles. The van der Waals surface area contributed by atoms with Crippen LogP contribution in [0.25, 0.3) is 0 Å². The van der Waals surface area contributed by atoms with Crippen molar-refractivity contribution in [3.05, 3.63) is 28.2 Å². The van der Waals surface area contributed by atoms with Crippen LogP contribution in [-0.4, -0.2) is 35.1 Å². The number of hydrogen-bond donors (Lipinski definition) is 2. The topological polar surface area (TPSA) is 69.6 Å². The molecule has 0 radical (unpaired) electrons. The number of rotatable bonds is 2. The number of piperidine rings is 1. The second kappa shape index (κ2) is 6.26. The molecule has 1 atom stereocenters. The van der Waals surface area contributed by atoms with Gasteiger partial charge in [-0.15, -0.1) is 0 Å². The molecular formula is C14H17BrN2O3. The summed E-state index contributed by atoms with van der Waals surface area (Å²) in [6.07, 6.45) is 1.36. The summed E-state index contributed by atoms with van der Waals surface area (Å²) in [4.78, 5) is 24.7. The van der Waals surface area contributed by atoms with Crippen LogP contribution < -0.4 is 5.32 Å². The first kappa shape index (κ1) is 14.8. The van der Waals surface area contributed by atoms with E-state index in [1.807, 2.05) is 25.1 Å². The maximum Gasteiger partial charge on any atom is 0.321 e. The number of carbonyl (C=O) groups is 2. The fourth-order valence-corrected chi connectivity index (χ4v) is 2.53. The lowest BCUT2D eigenvalue weighted by atomic mass is 9.99. The van der Waals surface area contributed by atoms with Crippen molar-refractivity contribution >= 4 is 33.6 Å². The molecule has 2 amide bonds. The van der Waals surface area contributed by atoms with Crippen molar-refractivity contribution < 1.29 is 14.7 Å². The number of likely N-dealkylation sites (tertiary alicyclic amines) is 1. The maximum absolute atomic E-state index is 12.1. The number of carboxylic acid groups (broad SMARTS) is 1. The van der Waals surface area contributed by atoms with Crippen molar-refractivity contribution in [2.45, 2.75) is 19.8 Å². The molecule has 0 spiro atoms. The first-order valence-electron chi connectivity index (χ1n) is 6.52. The van der Waals surface area contributed by atoms with Crippen molar-refractivity contribution in [3.63, 3.8) is 0 Å². The molecule has 108 valence electrons. The van der Waals surface area contributed by atoms with Crippen LogP contribution in [0, 0.1) is 12.8 Å². The monoisotopic (exact) mass is 340 g/mol. The fourth-order valence-electron chi connectivity index (χ4n) is 2.29. The second-order valence-electron chi connectivity index (χ2n) is 5.02. The van der Waals surface area contributed by atoms with Crippen molar-refractivity contribution in [3.8, 4) is 0 Å². The fraction of sp³-hybridized carbons (Fsp3) is 0.429. The second-order valence-corrected chi connectivity index (χ2v) is 5.87. The molecule has 0 bridgehead atoms. The Morgan fingerprint density at radius 3 is 2.85 bits per heavy atom. The zero-order chi connectivity index (χ0) is 14.7. The zero-order valence-corrected chi connectivity index (χ0v) is 12.8. The van der Waals surface area contributed by atoms with E-state index in [1.54, 1.807) is 4.90 Å². The number of aliphatic carboxylic acids is 1. The SMILES string of the molecule is Cc1cc(NC(=O)N2CCC[C@H](C(=O)O)C2)ccc1Br. The van der Waals surface area contributed by atoms with Gasteiger partial charge in [-0.2, -0.15) is 0 Å². The highest BCUT2D eigenvalue weighted by Gasteiger charge is 2.28. The Morgan fingerprint density at radius 2 is 2.20 bits per heavy atom. The summed E-state index contributed by atoms with van der Waals surface area (Å²) in [6, 6.07) is 5.33. The number of benzene rings is 1. The Hall–Kier alpha value is -1.56. The van der Waals surface area contributed by atoms with Gasteiger partial charge in [0, 0.05) is 23.2 Å². The Kier molecular flexibility index (Phi) is 4.65. The summed E-state index contributed by atoms with van der Waals surface area (Å²) in [5.74, 6) is -1.29. The lowest BCUT2D eigenvalue weighted by molar-refractivity contribution is -0.143. The Labute approximate surface area is 126 Å². The highest BCUT2D eigenvalue weighted by atomic mass is 79.9. The molecule has 1 saturated heterocycles. The predicted molar refractivity (Wildman–Crippen MR) is 79.8 cm³/mol. The molecule has 1 heterocycles. The van der Waals surface area contributed by atoms with E-state index in [9.17, 15) is 9.59 Å². The highest BCUT2D eigenvalue weighted by molar-refractivity contribution is 9.10. The molecule has 5 nitrogen and oxygen atoms in total. The third kappa shape index (κ3) is 3.50. The number of nitrogens with zero attached hydrogens (tertiary/aromatic N) is 1. The van der Waals surface area contributed by atoms with E-state index in [4.69, 9.17) is 5.11 Å². The van der Waals surface area contributed by atoms with Crippen LogP contribution in [0.15, 0.2) is 22.7 Å². The maximum atomic E-state index is 12.1. The largest absolute Gasteiger partial charge is 0.481 e. The molecule has 1 aliphatic rings. The van der Waals surface area contributed by atoms with Gasteiger partial charge in [0.05, 0.1) is 5.92 Å². The van der Waals surface area contributed by atoms with Gasteiger partial charge >= 0.3 is 12.0 Å². The number of aryl methyl sites for hydroxylation is 1. The van der Waals surface area contributed by atoms with Crippen molar-refractivity contribution in [2.75, 3.05) is 18.4 Å². The number of nitrogens with one attached hydrogen (secondary N) is 1. The van der Waals surface area contributed by atoms with Gasteiger partial charge in [-0.1, -0.05) is 15.9 Å². The van der Waals surface area contributed by atoms with Gasteiger partial charge in [0.2, 0.25) is 0 Å². The number of anilines is 1. The Balaban J connectivity index is 2.00. The number of halogens is 1. The van der Waals surface area contributed by atoms with Crippen molar-refractivity contribution in [1.82, 2.24) is 4.90 Å². The summed E-state index contributed by atoms with van der Waals surface area (Å²) < 4.78 is 0.986. The van der Waals surface area contributed by atoms with Crippen LogP contribution >= 0.6 is 15.9 Å². The minimum absolute atomic E-state index is 0.238. The van der Waals surface area contributed by atoms with Crippen LogP contribution in [0.4, 0.5) is 10.5 Å². The third-order valence-electron chi connectivity index (χ3n) is 3.47. The van der Waals surface area contributed by atoms with Crippen molar-refractivity contribution in [1.29, 1.82) is 0 Å². The molecule has 2 rings (SSSR count). The van der Waals surface area contributed by atoms with E-state index in [-0.39, 0.29) is 12.6 Å². The molecule has 1 fully saturated rings. The van der Waals surface area contributed by atoms with Gasteiger partial charge in [-0.3, -0.25) is 4.79 Å². The molecular weight excluding hydrogens is 324 g/mol. The summed E-state index contributed by atoms with van der Waals surface area (Å²) in [6.45, 7) is 2.82. The third-order valence-corrected chi connectivity index (χ3v) is 4.36. The number of hydrogen-bond acceptors (Lipinski definition) is 2. The van der Waals surface area contributed by atoms with E-state index in [2.05, 4.69) is 21.2 Å². The predicted octanol–water partition coefficient (Wildman–Crippen LogP) is 3.09. The summed E-state index contributed by atoms with van der Waals surface area (Å²) in [5.41, 5.74) is 1.75. The lowest BCUT2D eigenvalue weighted by Crippen LogP contribution is -2.44. The van der Waals surface area contributed by atoms with Gasteiger partial charge in [0.15, 0.2) is 0 Å². The average molecular weight is 341 g/mol. The molecule has 6 heteroatoms. The first-order valence-corrected chi connectivity index (χ1v) is 7.31. The molecule has 0 aliphatic carbocycles. The Bertz CT molecular complexity index is 533.